The van der Waals surface area contributed by atoms with E-state index in [9.17, 15) is 4.79 Å². The Morgan fingerprint density at radius 1 is 1.14 bits per heavy atom. The Morgan fingerprint density at radius 3 is 2.50 bits per heavy atom. The van der Waals surface area contributed by atoms with Gasteiger partial charge in [-0.15, -0.1) is 0 Å². The number of halogens is 1. The van der Waals surface area contributed by atoms with Crippen LogP contribution in [0.25, 0.3) is 16.7 Å². The van der Waals surface area contributed by atoms with Gasteiger partial charge < -0.3 is 14.0 Å². The van der Waals surface area contributed by atoms with E-state index in [1.54, 1.807) is 24.3 Å². The molecule has 2 aromatic heterocycles. The Balaban J connectivity index is 2.10. The lowest BCUT2D eigenvalue weighted by molar-refractivity contribution is 0.0601. The third-order valence-corrected chi connectivity index (χ3v) is 3.41. The number of aromatic nitrogens is 3. The van der Waals surface area contributed by atoms with Gasteiger partial charge in [0.05, 0.1) is 25.2 Å². The lowest BCUT2D eigenvalue weighted by Crippen LogP contribution is -2.02. The van der Waals surface area contributed by atoms with Crippen molar-refractivity contribution in [3.05, 3.63) is 47.4 Å². The summed E-state index contributed by atoms with van der Waals surface area (Å²) in [6.45, 7) is 0. The zero-order valence-electron chi connectivity index (χ0n) is 11.9. The average Bonchev–Trinajstić information content (AvgIpc) is 2.97. The number of rotatable bonds is 3. The molecule has 0 bridgehead atoms. The molecule has 0 unspecified atom stereocenters. The summed E-state index contributed by atoms with van der Waals surface area (Å²) in [5, 5.41) is 0.861. The largest absolute Gasteiger partial charge is 0.480 e. The number of esters is 1. The highest BCUT2D eigenvalue weighted by Crippen LogP contribution is 2.27. The highest BCUT2D eigenvalue weighted by Gasteiger charge is 2.13. The molecular formula is C15H12ClN3O3. The SMILES string of the molecule is COC(=O)c1ccc(-n2ccc3c(OC)nc(Cl)nc32)cc1. The van der Waals surface area contributed by atoms with Gasteiger partial charge in [0.25, 0.3) is 0 Å². The summed E-state index contributed by atoms with van der Waals surface area (Å²) in [6, 6.07) is 8.82. The third kappa shape index (κ3) is 2.37. The van der Waals surface area contributed by atoms with Crippen LogP contribution in [-0.2, 0) is 4.74 Å². The molecule has 1 aromatic carbocycles. The van der Waals surface area contributed by atoms with Crippen LogP contribution in [0.4, 0.5) is 0 Å². The molecule has 0 amide bonds. The fraction of sp³-hybridized carbons (Fsp3) is 0.133. The van der Waals surface area contributed by atoms with Crippen LogP contribution in [0.5, 0.6) is 5.88 Å². The van der Waals surface area contributed by atoms with Crippen LogP contribution >= 0.6 is 11.6 Å². The highest BCUT2D eigenvalue weighted by atomic mass is 35.5. The van der Waals surface area contributed by atoms with Crippen LogP contribution in [0, 0.1) is 0 Å². The first-order valence-corrected chi connectivity index (χ1v) is 6.79. The number of hydrogen-bond acceptors (Lipinski definition) is 5. The maximum atomic E-state index is 11.5. The van der Waals surface area contributed by atoms with Crippen LogP contribution in [0.1, 0.15) is 10.4 Å². The van der Waals surface area contributed by atoms with Crippen molar-refractivity contribution in [1.29, 1.82) is 0 Å². The molecule has 2 heterocycles. The molecule has 0 radical (unpaired) electrons. The minimum atomic E-state index is -0.379. The van der Waals surface area contributed by atoms with Crippen molar-refractivity contribution >= 4 is 28.6 Å². The predicted octanol–water partition coefficient (Wildman–Crippen LogP) is 2.87. The van der Waals surface area contributed by atoms with Gasteiger partial charge in [0.15, 0.2) is 5.65 Å². The lowest BCUT2D eigenvalue weighted by Gasteiger charge is -2.07. The minimum Gasteiger partial charge on any atom is -0.480 e. The molecular weight excluding hydrogens is 306 g/mol. The smallest absolute Gasteiger partial charge is 0.337 e. The number of nitrogens with zero attached hydrogens (tertiary/aromatic N) is 3. The summed E-state index contributed by atoms with van der Waals surface area (Å²) in [5.74, 6) is 0.0379. The topological polar surface area (TPSA) is 66.2 Å². The van der Waals surface area contributed by atoms with Gasteiger partial charge in [-0.25, -0.2) is 4.79 Å². The van der Waals surface area contributed by atoms with E-state index in [0.717, 1.165) is 11.1 Å². The Kier molecular flexibility index (Phi) is 3.68. The van der Waals surface area contributed by atoms with Crippen molar-refractivity contribution in [1.82, 2.24) is 14.5 Å². The van der Waals surface area contributed by atoms with Gasteiger partial charge in [0.1, 0.15) is 0 Å². The molecule has 7 heteroatoms. The zero-order valence-corrected chi connectivity index (χ0v) is 12.7. The second-order valence-electron chi connectivity index (χ2n) is 4.46. The molecule has 0 atom stereocenters. The summed E-state index contributed by atoms with van der Waals surface area (Å²) >= 11 is 5.93. The van der Waals surface area contributed by atoms with Crippen LogP contribution in [0.15, 0.2) is 36.5 Å². The summed E-state index contributed by atoms with van der Waals surface area (Å²) in [7, 11) is 2.88. The molecule has 6 nitrogen and oxygen atoms in total. The van der Waals surface area contributed by atoms with Crippen molar-refractivity contribution in [3.8, 4) is 11.6 Å². The van der Waals surface area contributed by atoms with Crippen LogP contribution < -0.4 is 4.74 Å². The summed E-state index contributed by atoms with van der Waals surface area (Å²) in [6.07, 6.45) is 1.84. The number of fused-ring (bicyclic) bond motifs is 1. The fourth-order valence-electron chi connectivity index (χ4n) is 2.20. The molecule has 3 rings (SSSR count). The monoisotopic (exact) mass is 317 g/mol. The molecule has 0 fully saturated rings. The quantitative estimate of drug-likeness (QED) is 0.549. The second kappa shape index (κ2) is 5.65. The van der Waals surface area contributed by atoms with E-state index in [1.807, 2.05) is 16.8 Å². The predicted molar refractivity (Wildman–Crippen MR) is 81.8 cm³/mol. The molecule has 0 aliphatic carbocycles. The van der Waals surface area contributed by atoms with E-state index >= 15 is 0 Å². The van der Waals surface area contributed by atoms with Gasteiger partial charge in [-0.3, -0.25) is 0 Å². The number of carbonyl (C=O) groups excluding carboxylic acids is 1. The number of benzene rings is 1. The van der Waals surface area contributed by atoms with Crippen LogP contribution in [0.2, 0.25) is 5.28 Å². The second-order valence-corrected chi connectivity index (χ2v) is 4.80. The molecule has 0 aliphatic rings. The molecule has 0 saturated heterocycles. The summed E-state index contributed by atoms with van der Waals surface area (Å²) < 4.78 is 11.7. The number of carbonyl (C=O) groups is 1. The molecule has 3 aromatic rings. The van der Waals surface area contributed by atoms with Gasteiger partial charge in [-0.2, -0.15) is 9.97 Å². The zero-order chi connectivity index (χ0) is 15.7. The fourth-order valence-corrected chi connectivity index (χ4v) is 2.36. The first kappa shape index (κ1) is 14.3. The maximum absolute atomic E-state index is 11.5. The average molecular weight is 318 g/mol. The first-order valence-electron chi connectivity index (χ1n) is 6.41. The molecule has 0 N–H and O–H groups in total. The van der Waals surface area contributed by atoms with Gasteiger partial charge in [0.2, 0.25) is 11.2 Å². The van der Waals surface area contributed by atoms with Crippen molar-refractivity contribution < 1.29 is 14.3 Å². The van der Waals surface area contributed by atoms with Crippen molar-refractivity contribution in [3.63, 3.8) is 0 Å². The van der Waals surface area contributed by atoms with E-state index in [1.165, 1.54) is 14.2 Å². The number of methoxy groups -OCH3 is 2. The Bertz CT molecular complexity index is 843. The van der Waals surface area contributed by atoms with Gasteiger partial charge >= 0.3 is 5.97 Å². The highest BCUT2D eigenvalue weighted by molar-refractivity contribution is 6.28. The molecule has 0 spiro atoms. The Morgan fingerprint density at radius 2 is 1.86 bits per heavy atom. The molecule has 0 saturated carbocycles. The first-order chi connectivity index (χ1) is 10.6. The van der Waals surface area contributed by atoms with Gasteiger partial charge in [-0.05, 0) is 41.9 Å². The van der Waals surface area contributed by atoms with Gasteiger partial charge in [-0.1, -0.05) is 0 Å². The van der Waals surface area contributed by atoms with Crippen molar-refractivity contribution in [2.24, 2.45) is 0 Å². The molecule has 22 heavy (non-hydrogen) atoms. The van der Waals surface area contributed by atoms with Crippen molar-refractivity contribution in [2.75, 3.05) is 14.2 Å². The maximum Gasteiger partial charge on any atom is 0.337 e. The minimum absolute atomic E-state index is 0.107. The van der Waals surface area contributed by atoms with Crippen LogP contribution in [-0.4, -0.2) is 34.7 Å². The summed E-state index contributed by atoms with van der Waals surface area (Å²) in [4.78, 5) is 19.7. The van der Waals surface area contributed by atoms with E-state index < -0.39 is 0 Å². The molecule has 112 valence electrons. The van der Waals surface area contributed by atoms with Crippen LogP contribution in [0.3, 0.4) is 0 Å². The standard InChI is InChI=1S/C15H12ClN3O3/c1-21-13-11-7-8-19(12(11)17-15(16)18-13)10-5-3-9(4-6-10)14(20)22-2/h3-8H,1-2H3. The van der Waals surface area contributed by atoms with Crippen molar-refractivity contribution in [2.45, 2.75) is 0 Å². The Hall–Kier alpha value is -2.60. The molecule has 0 aliphatic heterocycles. The van der Waals surface area contributed by atoms with E-state index in [2.05, 4.69) is 14.7 Å². The lowest BCUT2D eigenvalue weighted by atomic mass is 10.2. The Labute approximate surface area is 131 Å². The number of ether oxygens (including phenoxy) is 2. The number of hydrogen-bond donors (Lipinski definition) is 0. The normalized spacial score (nSPS) is 10.7. The van der Waals surface area contributed by atoms with E-state index in [-0.39, 0.29) is 11.3 Å². The van der Waals surface area contributed by atoms with E-state index in [0.29, 0.717) is 17.1 Å². The van der Waals surface area contributed by atoms with E-state index in [4.69, 9.17) is 16.3 Å². The summed E-state index contributed by atoms with van der Waals surface area (Å²) in [5.41, 5.74) is 1.94. The third-order valence-electron chi connectivity index (χ3n) is 3.24. The van der Waals surface area contributed by atoms with Gasteiger partial charge in [0, 0.05) is 11.9 Å².